The van der Waals surface area contributed by atoms with Crippen LogP contribution >= 0.6 is 11.6 Å². The summed E-state index contributed by atoms with van der Waals surface area (Å²) < 4.78 is 1.91. The molecular weight excluding hydrogens is 236 g/mol. The van der Waals surface area contributed by atoms with Gasteiger partial charge in [0, 0.05) is 5.92 Å². The summed E-state index contributed by atoms with van der Waals surface area (Å²) in [5, 5.41) is 5.18. The molecule has 0 saturated heterocycles. The zero-order valence-corrected chi connectivity index (χ0v) is 10.6. The molecule has 0 spiro atoms. The minimum atomic E-state index is 0.405. The summed E-state index contributed by atoms with van der Waals surface area (Å²) in [7, 11) is 0. The van der Waals surface area contributed by atoms with Crippen LogP contribution in [-0.2, 0) is 0 Å². The van der Waals surface area contributed by atoms with Gasteiger partial charge in [-0.05, 0) is 25.7 Å². The summed E-state index contributed by atoms with van der Waals surface area (Å²) in [6.45, 7) is 0. The van der Waals surface area contributed by atoms with Crippen molar-refractivity contribution in [3.05, 3.63) is 16.4 Å². The van der Waals surface area contributed by atoms with Crippen LogP contribution in [0.4, 0.5) is 0 Å². The molecule has 4 heteroatoms. The van der Waals surface area contributed by atoms with E-state index in [1.165, 1.54) is 19.3 Å². The van der Waals surface area contributed by atoms with Crippen molar-refractivity contribution >= 4 is 17.9 Å². The van der Waals surface area contributed by atoms with Crippen LogP contribution in [0.5, 0.6) is 0 Å². The molecule has 2 aliphatic carbocycles. The summed E-state index contributed by atoms with van der Waals surface area (Å²) >= 11 is 6.30. The fourth-order valence-corrected chi connectivity index (χ4v) is 3.09. The molecule has 3 nitrogen and oxygen atoms in total. The molecule has 0 radical (unpaired) electrons. The lowest BCUT2D eigenvalue weighted by Gasteiger charge is -2.22. The molecule has 3 rings (SSSR count). The Morgan fingerprint density at radius 2 is 1.88 bits per heavy atom. The van der Waals surface area contributed by atoms with E-state index < -0.39 is 0 Å². The first-order chi connectivity index (χ1) is 8.31. The van der Waals surface area contributed by atoms with Crippen molar-refractivity contribution in [1.82, 2.24) is 9.78 Å². The Kier molecular flexibility index (Phi) is 2.95. The van der Waals surface area contributed by atoms with Gasteiger partial charge in [0.15, 0.2) is 6.29 Å². The van der Waals surface area contributed by atoms with E-state index in [1.807, 2.05) is 4.68 Å². The summed E-state index contributed by atoms with van der Waals surface area (Å²) in [6, 6.07) is 0.405. The third kappa shape index (κ3) is 2.01. The Bertz CT molecular complexity index is 431. The molecule has 92 valence electrons. The van der Waals surface area contributed by atoms with Crippen LogP contribution in [0, 0.1) is 0 Å². The van der Waals surface area contributed by atoms with Crippen LogP contribution in [0.2, 0.25) is 5.15 Å². The van der Waals surface area contributed by atoms with Crippen molar-refractivity contribution in [2.24, 2.45) is 0 Å². The zero-order valence-electron chi connectivity index (χ0n) is 9.86. The standard InChI is InChI=1S/C13H17ClN2O/c14-13-11(8-17)12(9-6-7-9)15-16(13)10-4-2-1-3-5-10/h8-10H,1-7H2. The molecule has 17 heavy (non-hydrogen) atoms. The van der Waals surface area contributed by atoms with Gasteiger partial charge in [-0.1, -0.05) is 30.9 Å². The lowest BCUT2D eigenvalue weighted by atomic mass is 9.96. The first-order valence-electron chi connectivity index (χ1n) is 6.54. The number of carbonyl (C=O) groups excluding carboxylic acids is 1. The van der Waals surface area contributed by atoms with Gasteiger partial charge in [0.25, 0.3) is 0 Å². The van der Waals surface area contributed by atoms with Crippen LogP contribution in [0.1, 0.15) is 73.0 Å². The van der Waals surface area contributed by atoms with E-state index in [1.54, 1.807) is 0 Å². The number of halogens is 1. The van der Waals surface area contributed by atoms with Gasteiger partial charge in [-0.25, -0.2) is 4.68 Å². The van der Waals surface area contributed by atoms with Crippen LogP contribution < -0.4 is 0 Å². The summed E-state index contributed by atoms with van der Waals surface area (Å²) in [5.41, 5.74) is 1.58. The highest BCUT2D eigenvalue weighted by Crippen LogP contribution is 2.43. The van der Waals surface area contributed by atoms with E-state index in [2.05, 4.69) is 5.10 Å². The van der Waals surface area contributed by atoms with Gasteiger partial charge in [0.1, 0.15) is 5.15 Å². The topological polar surface area (TPSA) is 34.9 Å². The van der Waals surface area contributed by atoms with E-state index in [0.717, 1.165) is 37.7 Å². The van der Waals surface area contributed by atoms with E-state index in [0.29, 0.717) is 22.7 Å². The predicted molar refractivity (Wildman–Crippen MR) is 66.7 cm³/mol. The first kappa shape index (κ1) is 11.3. The van der Waals surface area contributed by atoms with E-state index >= 15 is 0 Å². The van der Waals surface area contributed by atoms with Crippen LogP contribution in [0.3, 0.4) is 0 Å². The fourth-order valence-electron chi connectivity index (χ4n) is 2.78. The second-order valence-electron chi connectivity index (χ2n) is 5.22. The van der Waals surface area contributed by atoms with Crippen LogP contribution in [-0.4, -0.2) is 16.1 Å². The van der Waals surface area contributed by atoms with Crippen molar-refractivity contribution in [3.63, 3.8) is 0 Å². The van der Waals surface area contributed by atoms with Gasteiger partial charge in [-0.3, -0.25) is 4.79 Å². The molecule has 2 saturated carbocycles. The molecule has 2 fully saturated rings. The van der Waals surface area contributed by atoms with Gasteiger partial charge in [0.2, 0.25) is 0 Å². The Morgan fingerprint density at radius 1 is 1.18 bits per heavy atom. The van der Waals surface area contributed by atoms with Gasteiger partial charge in [-0.2, -0.15) is 5.10 Å². The fraction of sp³-hybridized carbons (Fsp3) is 0.692. The smallest absolute Gasteiger partial charge is 0.155 e. The van der Waals surface area contributed by atoms with Crippen LogP contribution in [0.25, 0.3) is 0 Å². The second-order valence-corrected chi connectivity index (χ2v) is 5.58. The average Bonchev–Trinajstić information content (AvgIpc) is 3.15. The molecule has 1 aromatic heterocycles. The highest BCUT2D eigenvalue weighted by Gasteiger charge is 2.32. The summed E-state index contributed by atoms with van der Waals surface area (Å²) in [4.78, 5) is 11.1. The molecule has 0 aliphatic heterocycles. The minimum Gasteiger partial charge on any atom is -0.298 e. The summed E-state index contributed by atoms with van der Waals surface area (Å²) in [5.74, 6) is 0.484. The molecule has 1 heterocycles. The first-order valence-corrected chi connectivity index (χ1v) is 6.92. The number of hydrogen-bond donors (Lipinski definition) is 0. The maximum absolute atomic E-state index is 11.1. The third-order valence-corrected chi connectivity index (χ3v) is 4.29. The monoisotopic (exact) mass is 252 g/mol. The number of aromatic nitrogens is 2. The predicted octanol–water partition coefficient (Wildman–Crippen LogP) is 3.73. The van der Waals surface area contributed by atoms with Gasteiger partial charge in [-0.15, -0.1) is 0 Å². The molecule has 0 amide bonds. The van der Waals surface area contributed by atoms with Crippen molar-refractivity contribution in [2.75, 3.05) is 0 Å². The van der Waals surface area contributed by atoms with Gasteiger partial charge in [0.05, 0.1) is 17.3 Å². The molecule has 0 aromatic carbocycles. The highest BCUT2D eigenvalue weighted by molar-refractivity contribution is 6.32. The Balaban J connectivity index is 1.95. The van der Waals surface area contributed by atoms with Gasteiger partial charge >= 0.3 is 0 Å². The SMILES string of the molecule is O=Cc1c(C2CC2)nn(C2CCCCC2)c1Cl. The van der Waals surface area contributed by atoms with Crippen molar-refractivity contribution in [2.45, 2.75) is 56.9 Å². The normalized spacial score (nSPS) is 21.7. The molecule has 0 unspecified atom stereocenters. The lowest BCUT2D eigenvalue weighted by molar-refractivity contribution is 0.112. The van der Waals surface area contributed by atoms with E-state index in [9.17, 15) is 4.79 Å². The maximum Gasteiger partial charge on any atom is 0.155 e. The number of carbonyl (C=O) groups is 1. The molecule has 0 atom stereocenters. The Labute approximate surface area is 106 Å². The second kappa shape index (κ2) is 4.45. The molecule has 0 bridgehead atoms. The van der Waals surface area contributed by atoms with E-state index in [4.69, 9.17) is 11.6 Å². The highest BCUT2D eigenvalue weighted by atomic mass is 35.5. The number of hydrogen-bond acceptors (Lipinski definition) is 2. The Hall–Kier alpha value is -0.830. The molecule has 0 N–H and O–H groups in total. The van der Waals surface area contributed by atoms with Crippen LogP contribution in [0.15, 0.2) is 0 Å². The maximum atomic E-state index is 11.1. The number of aldehydes is 1. The summed E-state index contributed by atoms with van der Waals surface area (Å²) in [6.07, 6.45) is 9.27. The average molecular weight is 253 g/mol. The van der Waals surface area contributed by atoms with Crippen molar-refractivity contribution in [3.8, 4) is 0 Å². The largest absolute Gasteiger partial charge is 0.298 e. The lowest BCUT2D eigenvalue weighted by Crippen LogP contribution is -2.14. The van der Waals surface area contributed by atoms with E-state index in [-0.39, 0.29) is 0 Å². The molecule has 2 aliphatic rings. The minimum absolute atomic E-state index is 0.405. The quantitative estimate of drug-likeness (QED) is 0.769. The Morgan fingerprint density at radius 3 is 2.47 bits per heavy atom. The number of nitrogens with zero attached hydrogens (tertiary/aromatic N) is 2. The molecular formula is C13H17ClN2O. The van der Waals surface area contributed by atoms with Crippen molar-refractivity contribution in [1.29, 1.82) is 0 Å². The number of rotatable bonds is 3. The molecule has 1 aromatic rings. The van der Waals surface area contributed by atoms with Gasteiger partial charge < -0.3 is 0 Å². The van der Waals surface area contributed by atoms with Crippen molar-refractivity contribution < 1.29 is 4.79 Å². The third-order valence-electron chi connectivity index (χ3n) is 3.92. The zero-order chi connectivity index (χ0) is 11.8.